The second kappa shape index (κ2) is 6.02. The standard InChI is InChI=1S/C14H9F2NO4S/c15-13-2-1-3-14(16)12(13)8-9-22(20,21)11-6-4-10(5-7-11)17(18)19/h1-9H/b9-8+. The van der Waals surface area contributed by atoms with Crippen LogP contribution in [-0.2, 0) is 9.84 Å². The third-order valence-electron chi connectivity index (χ3n) is 2.79. The molecule has 22 heavy (non-hydrogen) atoms. The van der Waals surface area contributed by atoms with Gasteiger partial charge in [0.2, 0.25) is 0 Å². The van der Waals surface area contributed by atoms with Crippen molar-refractivity contribution in [2.45, 2.75) is 4.90 Å². The van der Waals surface area contributed by atoms with Crippen LogP contribution >= 0.6 is 0 Å². The number of hydrogen-bond acceptors (Lipinski definition) is 4. The van der Waals surface area contributed by atoms with Gasteiger partial charge in [0.1, 0.15) is 11.6 Å². The van der Waals surface area contributed by atoms with Gasteiger partial charge in [0, 0.05) is 23.1 Å². The zero-order valence-corrected chi connectivity index (χ0v) is 11.8. The Bertz CT molecular complexity index is 825. The van der Waals surface area contributed by atoms with Gasteiger partial charge in [-0.15, -0.1) is 0 Å². The number of non-ortho nitro benzene ring substituents is 1. The average Bonchev–Trinajstić information content (AvgIpc) is 2.46. The van der Waals surface area contributed by atoms with E-state index in [2.05, 4.69) is 0 Å². The highest BCUT2D eigenvalue weighted by molar-refractivity contribution is 7.94. The number of nitro groups is 1. The summed E-state index contributed by atoms with van der Waals surface area (Å²) in [4.78, 5) is 9.62. The SMILES string of the molecule is O=[N+]([O-])c1ccc(S(=O)(=O)/C=C/c2c(F)cccc2F)cc1. The summed E-state index contributed by atoms with van der Waals surface area (Å²) in [6.45, 7) is 0. The van der Waals surface area contributed by atoms with Crippen molar-refractivity contribution in [2.24, 2.45) is 0 Å². The molecular formula is C14H9F2NO4S. The highest BCUT2D eigenvalue weighted by Gasteiger charge is 2.14. The molecule has 2 aromatic carbocycles. The van der Waals surface area contributed by atoms with Crippen molar-refractivity contribution in [2.75, 3.05) is 0 Å². The Morgan fingerprint density at radius 2 is 1.55 bits per heavy atom. The van der Waals surface area contributed by atoms with Gasteiger partial charge >= 0.3 is 0 Å². The van der Waals surface area contributed by atoms with Gasteiger partial charge in [-0.05, 0) is 30.3 Å². The van der Waals surface area contributed by atoms with Crippen molar-refractivity contribution < 1.29 is 22.1 Å². The van der Waals surface area contributed by atoms with Gasteiger partial charge in [0.25, 0.3) is 5.69 Å². The molecule has 0 saturated carbocycles. The van der Waals surface area contributed by atoms with Gasteiger partial charge in [-0.25, -0.2) is 17.2 Å². The topological polar surface area (TPSA) is 77.3 Å². The molecular weight excluding hydrogens is 316 g/mol. The molecule has 114 valence electrons. The van der Waals surface area contributed by atoms with Crippen LogP contribution in [0.15, 0.2) is 52.8 Å². The van der Waals surface area contributed by atoms with E-state index < -0.39 is 32.0 Å². The van der Waals surface area contributed by atoms with E-state index in [4.69, 9.17) is 0 Å². The first-order valence-electron chi connectivity index (χ1n) is 5.93. The highest BCUT2D eigenvalue weighted by atomic mass is 32.2. The number of hydrogen-bond donors (Lipinski definition) is 0. The fourth-order valence-corrected chi connectivity index (χ4v) is 2.65. The summed E-state index contributed by atoms with van der Waals surface area (Å²) in [6.07, 6.45) is 0.807. The molecule has 0 saturated heterocycles. The number of nitrogens with zero attached hydrogens (tertiary/aromatic N) is 1. The van der Waals surface area contributed by atoms with E-state index in [-0.39, 0.29) is 10.6 Å². The molecule has 0 spiro atoms. The summed E-state index contributed by atoms with van der Waals surface area (Å²) < 4.78 is 50.8. The van der Waals surface area contributed by atoms with E-state index in [0.717, 1.165) is 48.5 Å². The lowest BCUT2D eigenvalue weighted by Crippen LogP contribution is -1.97. The molecule has 0 heterocycles. The molecule has 0 aliphatic heterocycles. The van der Waals surface area contributed by atoms with E-state index in [9.17, 15) is 27.3 Å². The van der Waals surface area contributed by atoms with Crippen molar-refractivity contribution in [3.8, 4) is 0 Å². The molecule has 8 heteroatoms. The smallest absolute Gasteiger partial charge is 0.258 e. The Kier molecular flexibility index (Phi) is 4.32. The average molecular weight is 325 g/mol. The summed E-state index contributed by atoms with van der Waals surface area (Å²) >= 11 is 0. The van der Waals surface area contributed by atoms with Crippen LogP contribution in [0, 0.1) is 21.7 Å². The molecule has 0 unspecified atom stereocenters. The first-order valence-corrected chi connectivity index (χ1v) is 7.47. The Morgan fingerprint density at radius 1 is 1.00 bits per heavy atom. The number of nitro benzene ring substituents is 1. The summed E-state index contributed by atoms with van der Waals surface area (Å²) in [6, 6.07) is 7.33. The second-order valence-corrected chi connectivity index (χ2v) is 6.07. The van der Waals surface area contributed by atoms with Gasteiger partial charge in [-0.3, -0.25) is 10.1 Å². The van der Waals surface area contributed by atoms with Gasteiger partial charge in [-0.2, -0.15) is 0 Å². The second-order valence-electron chi connectivity index (χ2n) is 4.23. The fourth-order valence-electron chi connectivity index (χ4n) is 1.66. The van der Waals surface area contributed by atoms with Crippen molar-refractivity contribution >= 4 is 21.6 Å². The largest absolute Gasteiger partial charge is 0.269 e. The van der Waals surface area contributed by atoms with Crippen LogP contribution in [-0.4, -0.2) is 13.3 Å². The zero-order chi connectivity index (χ0) is 16.3. The van der Waals surface area contributed by atoms with Crippen molar-refractivity contribution in [3.63, 3.8) is 0 Å². The minimum Gasteiger partial charge on any atom is -0.258 e. The number of halogens is 2. The normalized spacial score (nSPS) is 11.7. The van der Waals surface area contributed by atoms with Crippen LogP contribution in [0.2, 0.25) is 0 Å². The maximum Gasteiger partial charge on any atom is 0.269 e. The molecule has 0 aliphatic rings. The molecule has 0 fully saturated rings. The predicted octanol–water partition coefficient (Wildman–Crippen LogP) is 3.32. The van der Waals surface area contributed by atoms with Crippen LogP contribution < -0.4 is 0 Å². The van der Waals surface area contributed by atoms with Gasteiger partial charge in [-0.1, -0.05) is 6.07 Å². The lowest BCUT2D eigenvalue weighted by molar-refractivity contribution is -0.384. The summed E-state index contributed by atoms with van der Waals surface area (Å²) in [5.74, 6) is -1.79. The fraction of sp³-hybridized carbons (Fsp3) is 0. The number of benzene rings is 2. The van der Waals surface area contributed by atoms with Gasteiger partial charge < -0.3 is 0 Å². The van der Waals surface area contributed by atoms with Gasteiger partial charge in [0.15, 0.2) is 9.84 Å². The maximum absolute atomic E-state index is 13.4. The predicted molar refractivity (Wildman–Crippen MR) is 75.7 cm³/mol. The van der Waals surface area contributed by atoms with E-state index >= 15 is 0 Å². The molecule has 0 atom stereocenters. The van der Waals surface area contributed by atoms with Crippen LogP contribution in [0.3, 0.4) is 0 Å². The lowest BCUT2D eigenvalue weighted by Gasteiger charge is -2.00. The van der Waals surface area contributed by atoms with E-state index in [1.54, 1.807) is 0 Å². The third kappa shape index (κ3) is 3.34. The van der Waals surface area contributed by atoms with Crippen molar-refractivity contribution in [1.29, 1.82) is 0 Å². The zero-order valence-electron chi connectivity index (χ0n) is 10.9. The Labute approximate surface area is 124 Å². The summed E-state index contributed by atoms with van der Waals surface area (Å²) in [5.41, 5.74) is -0.740. The molecule has 0 radical (unpaired) electrons. The molecule has 5 nitrogen and oxygen atoms in total. The minimum absolute atomic E-state index is 0.217. The number of sulfone groups is 1. The van der Waals surface area contributed by atoms with Crippen LogP contribution in [0.1, 0.15) is 5.56 Å². The highest BCUT2D eigenvalue weighted by Crippen LogP contribution is 2.20. The van der Waals surface area contributed by atoms with E-state index in [0.29, 0.717) is 5.41 Å². The van der Waals surface area contributed by atoms with Crippen LogP contribution in [0.5, 0.6) is 0 Å². The number of rotatable bonds is 4. The van der Waals surface area contributed by atoms with Gasteiger partial charge in [0.05, 0.1) is 9.82 Å². The molecule has 2 rings (SSSR count). The van der Waals surface area contributed by atoms with Crippen LogP contribution in [0.4, 0.5) is 14.5 Å². The summed E-state index contributed by atoms with van der Waals surface area (Å²) in [5, 5.41) is 11.2. The van der Waals surface area contributed by atoms with Crippen molar-refractivity contribution in [3.05, 3.63) is 75.2 Å². The molecule has 0 N–H and O–H groups in total. The summed E-state index contributed by atoms with van der Waals surface area (Å²) in [7, 11) is -3.97. The molecule has 0 aliphatic carbocycles. The van der Waals surface area contributed by atoms with Crippen LogP contribution in [0.25, 0.3) is 6.08 Å². The first kappa shape index (κ1) is 15.8. The molecule has 0 aromatic heterocycles. The maximum atomic E-state index is 13.4. The third-order valence-corrected chi connectivity index (χ3v) is 4.21. The molecule has 0 amide bonds. The minimum atomic E-state index is -3.97. The Hall–Kier alpha value is -2.61. The van der Waals surface area contributed by atoms with E-state index in [1.807, 2.05) is 0 Å². The lowest BCUT2D eigenvalue weighted by atomic mass is 10.2. The quantitative estimate of drug-likeness (QED) is 0.638. The Morgan fingerprint density at radius 3 is 2.05 bits per heavy atom. The molecule has 2 aromatic rings. The Balaban J connectivity index is 2.35. The first-order chi connectivity index (χ1) is 10.3. The van der Waals surface area contributed by atoms with E-state index in [1.165, 1.54) is 0 Å². The van der Waals surface area contributed by atoms with Crippen molar-refractivity contribution in [1.82, 2.24) is 0 Å². The molecule has 0 bridgehead atoms. The monoisotopic (exact) mass is 325 g/mol.